The highest BCUT2D eigenvalue weighted by Gasteiger charge is 2.23. The average Bonchev–Trinajstić information content (AvgIpc) is 2.15. The van der Waals surface area contributed by atoms with Gasteiger partial charge in [-0.3, -0.25) is 4.79 Å². The third-order valence-electron chi connectivity index (χ3n) is 2.85. The second-order valence-electron chi connectivity index (χ2n) is 5.73. The fourth-order valence-corrected chi connectivity index (χ4v) is 1.81. The van der Waals surface area contributed by atoms with Crippen LogP contribution in [0, 0.1) is 0 Å². The van der Waals surface area contributed by atoms with E-state index in [4.69, 9.17) is 5.73 Å². The Bertz CT molecular complexity index is 442. The van der Waals surface area contributed by atoms with E-state index in [-0.39, 0.29) is 17.1 Å². The van der Waals surface area contributed by atoms with Crippen LogP contribution in [0.3, 0.4) is 0 Å². The lowest BCUT2D eigenvalue weighted by atomic mass is 9.82. The van der Waals surface area contributed by atoms with Crippen molar-refractivity contribution in [1.82, 2.24) is 0 Å². The Morgan fingerprint density at radius 2 is 1.82 bits per heavy atom. The van der Waals surface area contributed by atoms with Crippen molar-refractivity contribution in [2.45, 2.75) is 46.0 Å². The molecule has 1 aromatic carbocycles. The first-order chi connectivity index (χ1) is 7.64. The maximum atomic E-state index is 11.3. The summed E-state index contributed by atoms with van der Waals surface area (Å²) in [4.78, 5) is 11.3. The number of benzene rings is 1. The predicted octanol–water partition coefficient (Wildman–Crippen LogP) is 2.91. The van der Waals surface area contributed by atoms with Gasteiger partial charge in [-0.25, -0.2) is 0 Å². The Morgan fingerprint density at radius 1 is 1.29 bits per heavy atom. The van der Waals surface area contributed by atoms with Crippen LogP contribution in [0.15, 0.2) is 12.1 Å². The van der Waals surface area contributed by atoms with Crippen LogP contribution >= 0.6 is 0 Å². The molecule has 17 heavy (non-hydrogen) atoms. The third kappa shape index (κ3) is 2.78. The fourth-order valence-electron chi connectivity index (χ4n) is 1.81. The first kappa shape index (κ1) is 13.6. The Labute approximate surface area is 103 Å². The molecule has 0 fully saturated rings. The van der Waals surface area contributed by atoms with Gasteiger partial charge < -0.3 is 10.8 Å². The summed E-state index contributed by atoms with van der Waals surface area (Å²) in [7, 11) is 0. The van der Waals surface area contributed by atoms with Gasteiger partial charge in [-0.2, -0.15) is 0 Å². The summed E-state index contributed by atoms with van der Waals surface area (Å²) < 4.78 is 0. The van der Waals surface area contributed by atoms with Gasteiger partial charge in [0.15, 0.2) is 0 Å². The summed E-state index contributed by atoms with van der Waals surface area (Å²) in [5.41, 5.74) is 7.09. The van der Waals surface area contributed by atoms with E-state index < -0.39 is 5.91 Å². The molecule has 0 aliphatic rings. The SMILES string of the molecule is CC(C)c1cc(C(N)=O)cc(C(C)(C)C)c1O. The summed E-state index contributed by atoms with van der Waals surface area (Å²) in [5, 5.41) is 10.2. The highest BCUT2D eigenvalue weighted by Crippen LogP contribution is 2.37. The molecule has 0 atom stereocenters. The Morgan fingerprint density at radius 3 is 2.18 bits per heavy atom. The van der Waals surface area contributed by atoms with Crippen molar-refractivity contribution in [3.63, 3.8) is 0 Å². The summed E-state index contributed by atoms with van der Waals surface area (Å²) in [6, 6.07) is 3.36. The molecular formula is C14H21NO2. The van der Waals surface area contributed by atoms with Gasteiger partial charge in [-0.1, -0.05) is 34.6 Å². The van der Waals surface area contributed by atoms with Gasteiger partial charge in [0.05, 0.1) is 0 Å². The van der Waals surface area contributed by atoms with E-state index in [1.807, 2.05) is 34.6 Å². The van der Waals surface area contributed by atoms with Gasteiger partial charge >= 0.3 is 0 Å². The largest absolute Gasteiger partial charge is 0.507 e. The highest BCUT2D eigenvalue weighted by atomic mass is 16.3. The zero-order valence-corrected chi connectivity index (χ0v) is 11.2. The normalized spacial score (nSPS) is 11.9. The lowest BCUT2D eigenvalue weighted by molar-refractivity contribution is 0.1000. The van der Waals surface area contributed by atoms with Crippen molar-refractivity contribution in [3.05, 3.63) is 28.8 Å². The number of phenols is 1. The molecule has 3 heteroatoms. The van der Waals surface area contributed by atoms with Crippen LogP contribution in [0.4, 0.5) is 0 Å². The number of amides is 1. The molecule has 0 saturated heterocycles. The topological polar surface area (TPSA) is 63.3 Å². The van der Waals surface area contributed by atoms with Gasteiger partial charge in [-0.15, -0.1) is 0 Å². The molecule has 0 aromatic heterocycles. The van der Waals surface area contributed by atoms with Crippen molar-refractivity contribution in [1.29, 1.82) is 0 Å². The highest BCUT2D eigenvalue weighted by molar-refractivity contribution is 5.93. The van der Waals surface area contributed by atoms with E-state index in [0.29, 0.717) is 5.56 Å². The zero-order chi connectivity index (χ0) is 13.4. The van der Waals surface area contributed by atoms with Crippen LogP contribution < -0.4 is 5.73 Å². The Hall–Kier alpha value is -1.51. The van der Waals surface area contributed by atoms with Gasteiger partial charge in [0.2, 0.25) is 5.91 Å². The van der Waals surface area contributed by atoms with E-state index in [0.717, 1.165) is 11.1 Å². The van der Waals surface area contributed by atoms with Gasteiger partial charge in [-0.05, 0) is 29.0 Å². The molecule has 0 bridgehead atoms. The quantitative estimate of drug-likeness (QED) is 0.827. The molecule has 3 N–H and O–H groups in total. The summed E-state index contributed by atoms with van der Waals surface area (Å²) in [6.45, 7) is 9.95. The monoisotopic (exact) mass is 235 g/mol. The van der Waals surface area contributed by atoms with Crippen LogP contribution in [-0.4, -0.2) is 11.0 Å². The number of carbonyl (C=O) groups excluding carboxylic acids is 1. The number of hydrogen-bond donors (Lipinski definition) is 2. The first-order valence-electron chi connectivity index (χ1n) is 5.81. The predicted molar refractivity (Wildman–Crippen MR) is 69.4 cm³/mol. The molecule has 0 heterocycles. The maximum absolute atomic E-state index is 11.3. The van der Waals surface area contributed by atoms with Crippen LogP contribution in [0.25, 0.3) is 0 Å². The Kier molecular flexibility index (Phi) is 3.51. The summed E-state index contributed by atoms with van der Waals surface area (Å²) in [5.74, 6) is -0.0368. The fraction of sp³-hybridized carbons (Fsp3) is 0.500. The van der Waals surface area contributed by atoms with Crippen molar-refractivity contribution in [2.24, 2.45) is 5.73 Å². The van der Waals surface area contributed by atoms with E-state index in [1.165, 1.54) is 0 Å². The van der Waals surface area contributed by atoms with Crippen molar-refractivity contribution in [3.8, 4) is 5.75 Å². The lowest BCUT2D eigenvalue weighted by Crippen LogP contribution is -2.17. The van der Waals surface area contributed by atoms with Crippen molar-refractivity contribution >= 4 is 5.91 Å². The van der Waals surface area contributed by atoms with Crippen LogP contribution in [0.2, 0.25) is 0 Å². The molecule has 0 unspecified atom stereocenters. The summed E-state index contributed by atoms with van der Waals surface area (Å²) in [6.07, 6.45) is 0. The first-order valence-corrected chi connectivity index (χ1v) is 5.81. The van der Waals surface area contributed by atoms with Crippen LogP contribution in [0.1, 0.15) is 62.0 Å². The van der Waals surface area contributed by atoms with Crippen molar-refractivity contribution in [2.75, 3.05) is 0 Å². The number of hydrogen-bond acceptors (Lipinski definition) is 2. The molecule has 94 valence electrons. The smallest absolute Gasteiger partial charge is 0.248 e. The average molecular weight is 235 g/mol. The molecule has 1 amide bonds. The molecule has 1 aromatic rings. The number of primary amides is 1. The van der Waals surface area contributed by atoms with Crippen LogP contribution in [-0.2, 0) is 5.41 Å². The standard InChI is InChI=1S/C14H21NO2/c1-8(2)10-6-9(13(15)17)7-11(12(10)16)14(3,4)5/h6-8,16H,1-5H3,(H2,15,17). The number of aromatic hydroxyl groups is 1. The number of carbonyl (C=O) groups is 1. The lowest BCUT2D eigenvalue weighted by Gasteiger charge is -2.24. The Balaban J connectivity index is 3.55. The molecule has 0 aliphatic carbocycles. The van der Waals surface area contributed by atoms with Gasteiger partial charge in [0.25, 0.3) is 0 Å². The minimum atomic E-state index is -0.461. The second-order valence-corrected chi connectivity index (χ2v) is 5.73. The van der Waals surface area contributed by atoms with Crippen LogP contribution in [0.5, 0.6) is 5.75 Å². The third-order valence-corrected chi connectivity index (χ3v) is 2.85. The molecule has 3 nitrogen and oxygen atoms in total. The van der Waals surface area contributed by atoms with E-state index in [2.05, 4.69) is 0 Å². The van der Waals surface area contributed by atoms with E-state index in [9.17, 15) is 9.90 Å². The van der Waals surface area contributed by atoms with E-state index >= 15 is 0 Å². The van der Waals surface area contributed by atoms with Gasteiger partial charge in [0, 0.05) is 11.1 Å². The number of rotatable bonds is 2. The maximum Gasteiger partial charge on any atom is 0.248 e. The van der Waals surface area contributed by atoms with Crippen molar-refractivity contribution < 1.29 is 9.90 Å². The number of phenolic OH excluding ortho intramolecular Hbond substituents is 1. The number of nitrogens with two attached hydrogens (primary N) is 1. The molecule has 0 radical (unpaired) electrons. The summed E-state index contributed by atoms with van der Waals surface area (Å²) >= 11 is 0. The molecule has 1 rings (SSSR count). The molecule has 0 aliphatic heterocycles. The minimum Gasteiger partial charge on any atom is -0.507 e. The van der Waals surface area contributed by atoms with E-state index in [1.54, 1.807) is 12.1 Å². The molecular weight excluding hydrogens is 214 g/mol. The second kappa shape index (κ2) is 4.40. The van der Waals surface area contributed by atoms with Gasteiger partial charge in [0.1, 0.15) is 5.75 Å². The molecule has 0 spiro atoms. The zero-order valence-electron chi connectivity index (χ0n) is 11.2. The minimum absolute atomic E-state index is 0.149. The molecule has 0 saturated carbocycles.